The van der Waals surface area contributed by atoms with E-state index in [1.165, 1.54) is 51.4 Å². The molecule has 8 heteroatoms. The van der Waals surface area contributed by atoms with Gasteiger partial charge >= 0.3 is 0 Å². The van der Waals surface area contributed by atoms with Crippen molar-refractivity contribution in [3.8, 4) is 12.1 Å². The SMILES string of the molecule is C/C(NC1CCCC1)=C(\C#N)C(N)=S.N#Cc1c(NC2CCCC2)cc[nH]c1=S. The first kappa shape index (κ1) is 22.9. The molecular formula is C21H28N6S2. The minimum atomic E-state index is 0.176. The highest BCUT2D eigenvalue weighted by Gasteiger charge is 2.17. The molecule has 0 saturated heterocycles. The maximum atomic E-state index is 9.00. The van der Waals surface area contributed by atoms with Gasteiger partial charge in [-0.2, -0.15) is 10.5 Å². The normalized spacial score (nSPS) is 17.3. The second kappa shape index (κ2) is 11.5. The summed E-state index contributed by atoms with van der Waals surface area (Å²) in [7, 11) is 0. The van der Waals surface area contributed by atoms with E-state index in [4.69, 9.17) is 40.7 Å². The fourth-order valence-corrected chi connectivity index (χ4v) is 4.19. The van der Waals surface area contributed by atoms with Gasteiger partial charge in [-0.3, -0.25) is 0 Å². The van der Waals surface area contributed by atoms with Gasteiger partial charge in [0.15, 0.2) is 0 Å². The quantitative estimate of drug-likeness (QED) is 0.308. The number of nitrogens with two attached hydrogens (primary N) is 1. The number of pyridine rings is 1. The smallest absolute Gasteiger partial charge is 0.123 e. The maximum Gasteiger partial charge on any atom is 0.123 e. The molecule has 2 saturated carbocycles. The van der Waals surface area contributed by atoms with E-state index in [1.54, 1.807) is 6.20 Å². The number of aromatic amines is 1. The average Bonchev–Trinajstić information content (AvgIpc) is 3.37. The van der Waals surface area contributed by atoms with Crippen molar-refractivity contribution in [3.05, 3.63) is 33.7 Å². The van der Waals surface area contributed by atoms with Crippen LogP contribution in [-0.2, 0) is 0 Å². The van der Waals surface area contributed by atoms with Gasteiger partial charge in [0.25, 0.3) is 0 Å². The van der Waals surface area contributed by atoms with Crippen LogP contribution >= 0.6 is 24.4 Å². The van der Waals surface area contributed by atoms with Crippen LogP contribution in [0.2, 0.25) is 0 Å². The summed E-state index contributed by atoms with van der Waals surface area (Å²) < 4.78 is 0.514. The van der Waals surface area contributed by atoms with Gasteiger partial charge < -0.3 is 21.4 Å². The Hall–Kier alpha value is -2.42. The van der Waals surface area contributed by atoms with Crippen LogP contribution in [0, 0.1) is 27.3 Å². The summed E-state index contributed by atoms with van der Waals surface area (Å²) >= 11 is 9.85. The van der Waals surface area contributed by atoms with Crippen molar-refractivity contribution < 1.29 is 0 Å². The monoisotopic (exact) mass is 428 g/mol. The molecule has 5 N–H and O–H groups in total. The second-order valence-electron chi connectivity index (χ2n) is 7.43. The highest BCUT2D eigenvalue weighted by atomic mass is 32.1. The summed E-state index contributed by atoms with van der Waals surface area (Å²) in [6, 6.07) is 7.05. The molecule has 0 radical (unpaired) electrons. The molecule has 1 heterocycles. The number of allylic oxidation sites excluding steroid dienone is 1. The Morgan fingerprint density at radius 2 is 1.72 bits per heavy atom. The van der Waals surface area contributed by atoms with Crippen LogP contribution in [0.25, 0.3) is 0 Å². The highest BCUT2D eigenvalue weighted by Crippen LogP contribution is 2.24. The average molecular weight is 429 g/mol. The van der Waals surface area contributed by atoms with E-state index in [0.29, 0.717) is 27.9 Å². The summed E-state index contributed by atoms with van der Waals surface area (Å²) in [5, 5.41) is 24.5. The van der Waals surface area contributed by atoms with Gasteiger partial charge in [0.1, 0.15) is 32.9 Å². The number of hydrogen-bond acceptors (Lipinski definition) is 6. The van der Waals surface area contributed by atoms with Crippen molar-refractivity contribution in [2.75, 3.05) is 5.32 Å². The minimum Gasteiger partial charge on any atom is -0.389 e. The molecule has 1 aromatic rings. The van der Waals surface area contributed by atoms with Crippen molar-refractivity contribution in [2.45, 2.75) is 70.4 Å². The molecule has 0 spiro atoms. The highest BCUT2D eigenvalue weighted by molar-refractivity contribution is 7.80. The van der Waals surface area contributed by atoms with Crippen LogP contribution in [-0.4, -0.2) is 22.1 Å². The zero-order valence-electron chi connectivity index (χ0n) is 16.8. The molecule has 0 unspecified atom stereocenters. The molecule has 0 atom stereocenters. The van der Waals surface area contributed by atoms with Crippen molar-refractivity contribution in [3.63, 3.8) is 0 Å². The number of rotatable bonds is 5. The van der Waals surface area contributed by atoms with E-state index < -0.39 is 0 Å². The van der Waals surface area contributed by atoms with E-state index in [-0.39, 0.29) is 4.99 Å². The molecule has 2 aliphatic carbocycles. The molecule has 3 rings (SSSR count). The van der Waals surface area contributed by atoms with Crippen LogP contribution in [0.3, 0.4) is 0 Å². The second-order valence-corrected chi connectivity index (χ2v) is 8.28. The third kappa shape index (κ3) is 6.85. The van der Waals surface area contributed by atoms with Crippen molar-refractivity contribution in [1.82, 2.24) is 10.3 Å². The van der Waals surface area contributed by atoms with Gasteiger partial charge in [0.05, 0.1) is 5.69 Å². The first-order valence-corrected chi connectivity index (χ1v) is 10.8. The molecular weight excluding hydrogens is 400 g/mol. The van der Waals surface area contributed by atoms with Crippen LogP contribution in [0.1, 0.15) is 63.9 Å². The molecule has 0 bridgehead atoms. The fourth-order valence-electron chi connectivity index (χ4n) is 3.77. The lowest BCUT2D eigenvalue weighted by Gasteiger charge is -2.14. The predicted molar refractivity (Wildman–Crippen MR) is 123 cm³/mol. The zero-order valence-corrected chi connectivity index (χ0v) is 18.4. The van der Waals surface area contributed by atoms with Gasteiger partial charge in [0.2, 0.25) is 0 Å². The number of H-pyrrole nitrogens is 1. The molecule has 2 fully saturated rings. The molecule has 29 heavy (non-hydrogen) atoms. The minimum absolute atomic E-state index is 0.176. The van der Waals surface area contributed by atoms with Gasteiger partial charge in [-0.05, 0) is 38.7 Å². The number of thiocarbonyl (C=S) groups is 1. The Morgan fingerprint density at radius 1 is 1.14 bits per heavy atom. The third-order valence-corrected chi connectivity index (χ3v) is 5.82. The molecule has 0 aliphatic heterocycles. The molecule has 2 aliphatic rings. The summed E-state index contributed by atoms with van der Waals surface area (Å²) in [4.78, 5) is 3.04. The molecule has 154 valence electrons. The molecule has 0 amide bonds. The van der Waals surface area contributed by atoms with Gasteiger partial charge in [-0.1, -0.05) is 50.1 Å². The Balaban J connectivity index is 0.000000208. The Morgan fingerprint density at radius 3 is 2.24 bits per heavy atom. The van der Waals surface area contributed by atoms with Crippen LogP contribution < -0.4 is 16.4 Å². The van der Waals surface area contributed by atoms with Crippen molar-refractivity contribution in [1.29, 1.82) is 10.5 Å². The number of nitriles is 2. The van der Waals surface area contributed by atoms with Gasteiger partial charge in [-0.25, -0.2) is 0 Å². The van der Waals surface area contributed by atoms with E-state index >= 15 is 0 Å². The van der Waals surface area contributed by atoms with Crippen LogP contribution in [0.15, 0.2) is 23.5 Å². The lowest BCUT2D eigenvalue weighted by Crippen LogP contribution is -2.27. The summed E-state index contributed by atoms with van der Waals surface area (Å²) in [5.41, 5.74) is 8.08. The Bertz CT molecular complexity index is 878. The lowest BCUT2D eigenvalue weighted by molar-refractivity contribution is 0.584. The van der Waals surface area contributed by atoms with Crippen LogP contribution in [0.5, 0.6) is 0 Å². The van der Waals surface area contributed by atoms with Gasteiger partial charge in [0, 0.05) is 24.0 Å². The van der Waals surface area contributed by atoms with Crippen molar-refractivity contribution in [2.24, 2.45) is 5.73 Å². The van der Waals surface area contributed by atoms with E-state index in [9.17, 15) is 0 Å². The lowest BCUT2D eigenvalue weighted by atomic mass is 10.2. The van der Waals surface area contributed by atoms with E-state index in [0.717, 1.165) is 11.4 Å². The molecule has 1 aromatic heterocycles. The van der Waals surface area contributed by atoms with Crippen molar-refractivity contribution >= 4 is 35.1 Å². The molecule has 6 nitrogen and oxygen atoms in total. The largest absolute Gasteiger partial charge is 0.389 e. The summed E-state index contributed by atoms with van der Waals surface area (Å²) in [5.74, 6) is 0. The van der Waals surface area contributed by atoms with E-state index in [1.807, 2.05) is 19.1 Å². The first-order valence-electron chi connectivity index (χ1n) is 10.0. The summed E-state index contributed by atoms with van der Waals surface area (Å²) in [6.07, 6.45) is 11.6. The topological polar surface area (TPSA) is 113 Å². The zero-order chi connectivity index (χ0) is 21.2. The third-order valence-electron chi connectivity index (χ3n) is 5.30. The molecule has 0 aromatic carbocycles. The number of aromatic nitrogens is 1. The maximum absolute atomic E-state index is 9.00. The number of nitrogens with one attached hydrogen (secondary N) is 3. The van der Waals surface area contributed by atoms with Gasteiger partial charge in [-0.15, -0.1) is 0 Å². The summed E-state index contributed by atoms with van der Waals surface area (Å²) in [6.45, 7) is 1.86. The fraction of sp³-hybridized carbons (Fsp3) is 0.524. The van der Waals surface area contributed by atoms with E-state index in [2.05, 4.69) is 21.7 Å². The number of anilines is 1. The number of hydrogen-bond donors (Lipinski definition) is 4. The first-order chi connectivity index (χ1) is 14.0. The van der Waals surface area contributed by atoms with Crippen LogP contribution in [0.4, 0.5) is 5.69 Å². The number of nitrogens with zero attached hydrogens (tertiary/aromatic N) is 2. The standard InChI is InChI=1S/C11H13N3S.C10H15N3S/c12-7-9-10(5-6-13-11(9)15)14-8-3-1-2-4-8;1-7(9(6-11)10(12)14)13-8-4-2-3-5-8/h5-6,8H,1-4H2,(H2,13,14,15);8,13H,2-5H2,1H3,(H2,12,14)/b;9-7-. The Labute approximate surface area is 183 Å². The Kier molecular flexibility index (Phi) is 9.11. The predicted octanol–water partition coefficient (Wildman–Crippen LogP) is 4.57.